The predicted molar refractivity (Wildman–Crippen MR) is 65.8 cm³/mol. The van der Waals surface area contributed by atoms with E-state index in [2.05, 4.69) is 0 Å². The number of hydrogen-bond acceptors (Lipinski definition) is 4. The molecule has 1 aliphatic heterocycles. The summed E-state index contributed by atoms with van der Waals surface area (Å²) in [6.45, 7) is 0.968. The highest BCUT2D eigenvalue weighted by Crippen LogP contribution is 2.24. The summed E-state index contributed by atoms with van der Waals surface area (Å²) in [6, 6.07) is 3.85. The van der Waals surface area contributed by atoms with Crippen LogP contribution < -0.4 is 0 Å². The number of benzene rings is 1. The van der Waals surface area contributed by atoms with Crippen molar-refractivity contribution in [1.82, 2.24) is 4.90 Å². The van der Waals surface area contributed by atoms with E-state index in [1.165, 1.54) is 23.1 Å². The molecule has 1 aromatic carbocycles. The number of rotatable bonds is 2. The Morgan fingerprint density at radius 1 is 1.56 bits per heavy atom. The number of carbonyl (C=O) groups excluding carboxylic acids is 1. The fraction of sp³-hybridized carbons (Fsp3) is 0.417. The maximum absolute atomic E-state index is 12.3. The quantitative estimate of drug-likeness (QED) is 0.838. The second-order valence-electron chi connectivity index (χ2n) is 4.07. The van der Waals surface area contributed by atoms with Crippen molar-refractivity contribution < 1.29 is 19.7 Å². The molecule has 18 heavy (non-hydrogen) atoms. The summed E-state index contributed by atoms with van der Waals surface area (Å²) in [7, 11) is 0. The van der Waals surface area contributed by atoms with E-state index in [0.717, 1.165) is 0 Å². The molecule has 1 amide bonds. The normalized spacial score (nSPS) is 19.9. The van der Waals surface area contributed by atoms with Gasteiger partial charge in [-0.05, 0) is 18.2 Å². The number of nitrogens with zero attached hydrogens (tertiary/aromatic N) is 1. The van der Waals surface area contributed by atoms with Crippen LogP contribution in [0.4, 0.5) is 0 Å². The molecule has 1 aliphatic rings. The largest absolute Gasteiger partial charge is 0.508 e. The van der Waals surface area contributed by atoms with Gasteiger partial charge in [0, 0.05) is 6.54 Å². The van der Waals surface area contributed by atoms with E-state index in [0.29, 0.717) is 19.8 Å². The molecular formula is C12H14ClNO4. The highest BCUT2D eigenvalue weighted by molar-refractivity contribution is 6.33. The Morgan fingerprint density at radius 3 is 3.06 bits per heavy atom. The number of halogens is 1. The topological polar surface area (TPSA) is 70.0 Å². The molecule has 1 heterocycles. The Balaban J connectivity index is 2.26. The van der Waals surface area contributed by atoms with Crippen LogP contribution in [0.1, 0.15) is 10.4 Å². The molecule has 2 rings (SSSR count). The monoisotopic (exact) mass is 271 g/mol. The van der Waals surface area contributed by atoms with Crippen molar-refractivity contribution in [1.29, 1.82) is 0 Å². The smallest absolute Gasteiger partial charge is 0.255 e. The summed E-state index contributed by atoms with van der Waals surface area (Å²) in [5.41, 5.74) is 0.233. The maximum Gasteiger partial charge on any atom is 0.255 e. The van der Waals surface area contributed by atoms with Gasteiger partial charge in [0.05, 0.1) is 36.4 Å². The summed E-state index contributed by atoms with van der Waals surface area (Å²) < 4.78 is 5.21. The first-order valence-electron chi connectivity index (χ1n) is 5.61. The van der Waals surface area contributed by atoms with Gasteiger partial charge in [0.2, 0.25) is 0 Å². The second-order valence-corrected chi connectivity index (χ2v) is 4.48. The Hall–Kier alpha value is -1.30. The Bertz CT molecular complexity index is 452. The minimum Gasteiger partial charge on any atom is -0.508 e. The fourth-order valence-electron chi connectivity index (χ4n) is 1.91. The Kier molecular flexibility index (Phi) is 4.06. The van der Waals surface area contributed by atoms with Crippen molar-refractivity contribution >= 4 is 17.5 Å². The van der Waals surface area contributed by atoms with E-state index in [4.69, 9.17) is 16.3 Å². The molecule has 0 bridgehead atoms. The molecule has 1 unspecified atom stereocenters. The Labute approximate surface area is 110 Å². The first-order valence-corrected chi connectivity index (χ1v) is 5.99. The number of aromatic hydroxyl groups is 1. The summed E-state index contributed by atoms with van der Waals surface area (Å²) in [5.74, 6) is -0.324. The summed E-state index contributed by atoms with van der Waals surface area (Å²) >= 11 is 5.95. The third-order valence-corrected chi connectivity index (χ3v) is 3.21. The van der Waals surface area contributed by atoms with Gasteiger partial charge >= 0.3 is 0 Å². The van der Waals surface area contributed by atoms with Crippen molar-refractivity contribution in [2.45, 2.75) is 6.04 Å². The molecule has 1 saturated heterocycles. The van der Waals surface area contributed by atoms with Crippen LogP contribution in [0.2, 0.25) is 5.02 Å². The summed E-state index contributed by atoms with van der Waals surface area (Å²) in [4.78, 5) is 13.8. The van der Waals surface area contributed by atoms with E-state index < -0.39 is 0 Å². The third-order valence-electron chi connectivity index (χ3n) is 2.88. The molecule has 1 aromatic rings. The van der Waals surface area contributed by atoms with Gasteiger partial charge in [-0.1, -0.05) is 11.6 Å². The van der Waals surface area contributed by atoms with Gasteiger partial charge in [0.25, 0.3) is 5.91 Å². The Morgan fingerprint density at radius 2 is 2.33 bits per heavy atom. The van der Waals surface area contributed by atoms with Gasteiger partial charge in [0.1, 0.15) is 5.75 Å². The van der Waals surface area contributed by atoms with Crippen molar-refractivity contribution in [2.24, 2.45) is 0 Å². The van der Waals surface area contributed by atoms with Crippen LogP contribution in [0.3, 0.4) is 0 Å². The number of hydrogen-bond donors (Lipinski definition) is 2. The lowest BCUT2D eigenvalue weighted by molar-refractivity contribution is -0.0183. The van der Waals surface area contributed by atoms with Gasteiger partial charge in [-0.25, -0.2) is 0 Å². The van der Waals surface area contributed by atoms with Crippen molar-refractivity contribution in [3.63, 3.8) is 0 Å². The zero-order valence-corrected chi connectivity index (χ0v) is 10.4. The van der Waals surface area contributed by atoms with Crippen LogP contribution in [0.15, 0.2) is 18.2 Å². The number of phenols is 1. The minimum atomic E-state index is -0.371. The van der Waals surface area contributed by atoms with Crippen LogP contribution >= 0.6 is 11.6 Å². The first kappa shape index (κ1) is 13.1. The molecule has 98 valence electrons. The van der Waals surface area contributed by atoms with E-state index in [1.54, 1.807) is 0 Å². The lowest BCUT2D eigenvalue weighted by atomic mass is 10.1. The summed E-state index contributed by atoms with van der Waals surface area (Å²) in [5, 5.41) is 18.9. The van der Waals surface area contributed by atoms with Crippen molar-refractivity contribution in [3.8, 4) is 5.75 Å². The lowest BCUT2D eigenvalue weighted by Crippen LogP contribution is -2.50. The van der Waals surface area contributed by atoms with E-state index in [-0.39, 0.29) is 34.9 Å². The molecule has 0 saturated carbocycles. The maximum atomic E-state index is 12.3. The van der Waals surface area contributed by atoms with Crippen LogP contribution in [0.5, 0.6) is 5.75 Å². The van der Waals surface area contributed by atoms with Gasteiger partial charge < -0.3 is 19.8 Å². The molecule has 1 fully saturated rings. The lowest BCUT2D eigenvalue weighted by Gasteiger charge is -2.34. The molecule has 2 N–H and O–H groups in total. The number of aliphatic hydroxyl groups is 1. The van der Waals surface area contributed by atoms with Crippen LogP contribution in [-0.2, 0) is 4.74 Å². The minimum absolute atomic E-state index is 0.0171. The standard InChI is InChI=1S/C12H14ClNO4/c13-11-2-1-9(16)5-10(11)12(17)14-3-4-18-7-8(14)6-15/h1-2,5,8,15-16H,3-4,6-7H2. The number of phenolic OH excluding ortho intramolecular Hbond substituents is 1. The molecule has 6 heteroatoms. The SMILES string of the molecule is O=C(c1cc(O)ccc1Cl)N1CCOCC1CO. The van der Waals surface area contributed by atoms with Crippen molar-refractivity contribution in [3.05, 3.63) is 28.8 Å². The number of morpholine rings is 1. The molecular weight excluding hydrogens is 258 g/mol. The van der Waals surface area contributed by atoms with Gasteiger partial charge in [0.15, 0.2) is 0 Å². The van der Waals surface area contributed by atoms with E-state index in [9.17, 15) is 15.0 Å². The van der Waals surface area contributed by atoms with Gasteiger partial charge in [-0.15, -0.1) is 0 Å². The summed E-state index contributed by atoms with van der Waals surface area (Å²) in [6.07, 6.45) is 0. The van der Waals surface area contributed by atoms with Crippen LogP contribution in [0.25, 0.3) is 0 Å². The molecule has 0 spiro atoms. The third kappa shape index (κ3) is 2.58. The van der Waals surface area contributed by atoms with Crippen LogP contribution in [-0.4, -0.2) is 53.4 Å². The van der Waals surface area contributed by atoms with Gasteiger partial charge in [-0.3, -0.25) is 4.79 Å². The average molecular weight is 272 g/mol. The number of amides is 1. The average Bonchev–Trinajstić information content (AvgIpc) is 2.40. The molecule has 0 radical (unpaired) electrons. The van der Waals surface area contributed by atoms with Crippen LogP contribution in [0, 0.1) is 0 Å². The first-order chi connectivity index (χ1) is 8.63. The van der Waals surface area contributed by atoms with Crippen molar-refractivity contribution in [2.75, 3.05) is 26.4 Å². The number of aliphatic hydroxyl groups excluding tert-OH is 1. The zero-order valence-electron chi connectivity index (χ0n) is 9.67. The molecule has 0 aliphatic carbocycles. The molecule has 1 atom stereocenters. The molecule has 5 nitrogen and oxygen atoms in total. The predicted octanol–water partition coefficient (Wildman–Crippen LogP) is 0.879. The zero-order chi connectivity index (χ0) is 13.1. The second kappa shape index (κ2) is 5.56. The van der Waals surface area contributed by atoms with E-state index >= 15 is 0 Å². The fourth-order valence-corrected chi connectivity index (χ4v) is 2.10. The highest BCUT2D eigenvalue weighted by Gasteiger charge is 2.28. The van der Waals surface area contributed by atoms with E-state index in [1.807, 2.05) is 0 Å². The number of ether oxygens (including phenoxy) is 1. The molecule has 0 aromatic heterocycles. The van der Waals surface area contributed by atoms with Gasteiger partial charge in [-0.2, -0.15) is 0 Å². The highest BCUT2D eigenvalue weighted by atomic mass is 35.5. The number of carbonyl (C=O) groups is 1.